The lowest BCUT2D eigenvalue weighted by molar-refractivity contribution is 0.134. The van der Waals surface area contributed by atoms with Gasteiger partial charge in [0, 0.05) is 18.3 Å². The molecule has 0 fully saturated rings. The van der Waals surface area contributed by atoms with Crippen LogP contribution in [0.15, 0.2) is 30.6 Å². The van der Waals surface area contributed by atoms with Crippen LogP contribution >= 0.6 is 0 Å². The largest absolute Gasteiger partial charge is 0.372 e. The van der Waals surface area contributed by atoms with Crippen LogP contribution in [0.3, 0.4) is 0 Å². The molecule has 0 saturated carbocycles. The van der Waals surface area contributed by atoms with Gasteiger partial charge < -0.3 is 10.5 Å². The zero-order valence-corrected chi connectivity index (χ0v) is 10.5. The van der Waals surface area contributed by atoms with E-state index in [0.29, 0.717) is 6.61 Å². The molecule has 4 heteroatoms. The van der Waals surface area contributed by atoms with Crippen LogP contribution in [-0.4, -0.2) is 9.78 Å². The summed E-state index contributed by atoms with van der Waals surface area (Å²) in [6.07, 6.45) is 3.85. The Balaban J connectivity index is 1.89. The summed E-state index contributed by atoms with van der Waals surface area (Å²) in [5.41, 5.74) is 11.0. The molecule has 1 atom stereocenters. The Morgan fingerprint density at radius 2 is 2.17 bits per heavy atom. The molecule has 94 valence electrons. The number of aromatic nitrogens is 2. The van der Waals surface area contributed by atoms with Crippen LogP contribution < -0.4 is 5.73 Å². The molecule has 3 rings (SSSR count). The highest BCUT2D eigenvalue weighted by Gasteiger charge is 2.16. The Kier molecular flexibility index (Phi) is 2.89. The Hall–Kier alpha value is -1.65. The van der Waals surface area contributed by atoms with Crippen molar-refractivity contribution in [3.63, 3.8) is 0 Å². The summed E-state index contributed by atoms with van der Waals surface area (Å²) in [6.45, 7) is 4.35. The van der Waals surface area contributed by atoms with Gasteiger partial charge in [-0.25, -0.2) is 0 Å². The molecule has 0 bridgehead atoms. The van der Waals surface area contributed by atoms with Gasteiger partial charge in [0.15, 0.2) is 0 Å². The smallest absolute Gasteiger partial charge is 0.0725 e. The van der Waals surface area contributed by atoms with Gasteiger partial charge in [-0.2, -0.15) is 5.10 Å². The van der Waals surface area contributed by atoms with E-state index in [9.17, 15) is 0 Å². The third kappa shape index (κ3) is 1.94. The molecule has 0 radical (unpaired) electrons. The van der Waals surface area contributed by atoms with Gasteiger partial charge in [0.05, 0.1) is 25.5 Å². The minimum atomic E-state index is -0.115. The molecule has 1 aliphatic heterocycles. The maximum absolute atomic E-state index is 6.28. The second-order valence-corrected chi connectivity index (χ2v) is 4.63. The van der Waals surface area contributed by atoms with Crippen LogP contribution in [0, 0.1) is 0 Å². The van der Waals surface area contributed by atoms with Crippen LogP contribution in [0.5, 0.6) is 0 Å². The van der Waals surface area contributed by atoms with Crippen molar-refractivity contribution >= 4 is 0 Å². The van der Waals surface area contributed by atoms with Crippen LogP contribution in [0.25, 0.3) is 0 Å². The summed E-state index contributed by atoms with van der Waals surface area (Å²) in [5.74, 6) is 0. The van der Waals surface area contributed by atoms with Crippen molar-refractivity contribution in [3.05, 3.63) is 52.8 Å². The van der Waals surface area contributed by atoms with Crippen molar-refractivity contribution in [2.75, 3.05) is 0 Å². The molecule has 1 aromatic heterocycles. The van der Waals surface area contributed by atoms with Crippen molar-refractivity contribution in [1.82, 2.24) is 9.78 Å². The molecule has 0 amide bonds. The highest BCUT2D eigenvalue weighted by Crippen LogP contribution is 2.25. The van der Waals surface area contributed by atoms with Gasteiger partial charge in [0.1, 0.15) is 0 Å². The Morgan fingerprint density at radius 3 is 2.94 bits per heavy atom. The number of ether oxygens (including phenoxy) is 1. The maximum Gasteiger partial charge on any atom is 0.0725 e. The first-order valence-electron chi connectivity index (χ1n) is 6.25. The zero-order valence-electron chi connectivity index (χ0n) is 10.5. The van der Waals surface area contributed by atoms with E-state index in [1.54, 1.807) is 0 Å². The molecule has 4 nitrogen and oxygen atoms in total. The Bertz CT molecular complexity index is 562. The fourth-order valence-electron chi connectivity index (χ4n) is 2.29. The number of benzene rings is 1. The monoisotopic (exact) mass is 243 g/mol. The van der Waals surface area contributed by atoms with E-state index in [-0.39, 0.29) is 6.04 Å². The summed E-state index contributed by atoms with van der Waals surface area (Å²) in [7, 11) is 0. The lowest BCUT2D eigenvalue weighted by atomic mass is 9.98. The van der Waals surface area contributed by atoms with E-state index in [2.05, 4.69) is 30.2 Å². The molecule has 1 unspecified atom stereocenters. The number of rotatable bonds is 3. The van der Waals surface area contributed by atoms with Crippen molar-refractivity contribution in [1.29, 1.82) is 0 Å². The Labute approximate surface area is 106 Å². The summed E-state index contributed by atoms with van der Waals surface area (Å²) in [6, 6.07) is 6.23. The predicted molar refractivity (Wildman–Crippen MR) is 68.9 cm³/mol. The van der Waals surface area contributed by atoms with Gasteiger partial charge in [-0.05, 0) is 23.6 Å². The lowest BCUT2D eigenvalue weighted by Gasteiger charge is -2.11. The lowest BCUT2D eigenvalue weighted by Crippen LogP contribution is -2.11. The summed E-state index contributed by atoms with van der Waals surface area (Å²) in [4.78, 5) is 0. The zero-order chi connectivity index (χ0) is 12.5. The van der Waals surface area contributed by atoms with Gasteiger partial charge in [0.2, 0.25) is 0 Å². The van der Waals surface area contributed by atoms with Crippen molar-refractivity contribution in [2.45, 2.75) is 32.7 Å². The first-order chi connectivity index (χ1) is 8.78. The Morgan fingerprint density at radius 1 is 1.33 bits per heavy atom. The normalized spacial score (nSPS) is 15.7. The topological polar surface area (TPSA) is 53.1 Å². The minimum absolute atomic E-state index is 0.115. The van der Waals surface area contributed by atoms with Crippen LogP contribution in [0.1, 0.15) is 35.2 Å². The van der Waals surface area contributed by atoms with E-state index in [1.165, 1.54) is 11.1 Å². The molecule has 1 aliphatic rings. The summed E-state index contributed by atoms with van der Waals surface area (Å²) in [5, 5.41) is 4.27. The third-order valence-electron chi connectivity index (χ3n) is 3.44. The van der Waals surface area contributed by atoms with Crippen LogP contribution in [0.2, 0.25) is 0 Å². The molecule has 2 N–H and O–H groups in total. The molecular formula is C14H17N3O. The maximum atomic E-state index is 6.28. The fraction of sp³-hybridized carbons (Fsp3) is 0.357. The molecule has 2 aromatic rings. The van der Waals surface area contributed by atoms with E-state index >= 15 is 0 Å². The van der Waals surface area contributed by atoms with Crippen LogP contribution in [0.4, 0.5) is 0 Å². The van der Waals surface area contributed by atoms with E-state index in [1.807, 2.05) is 17.1 Å². The van der Waals surface area contributed by atoms with Gasteiger partial charge >= 0.3 is 0 Å². The minimum Gasteiger partial charge on any atom is -0.372 e. The quantitative estimate of drug-likeness (QED) is 0.896. The summed E-state index contributed by atoms with van der Waals surface area (Å²) < 4.78 is 7.31. The van der Waals surface area contributed by atoms with Crippen LogP contribution in [-0.2, 0) is 24.5 Å². The van der Waals surface area contributed by atoms with E-state index in [0.717, 1.165) is 24.3 Å². The fourth-order valence-corrected chi connectivity index (χ4v) is 2.29. The van der Waals surface area contributed by atoms with Crippen molar-refractivity contribution in [3.8, 4) is 0 Å². The molecule has 18 heavy (non-hydrogen) atoms. The second-order valence-electron chi connectivity index (χ2n) is 4.63. The number of fused-ring (bicyclic) bond motifs is 1. The first kappa shape index (κ1) is 11.4. The van der Waals surface area contributed by atoms with E-state index in [4.69, 9.17) is 10.5 Å². The number of aryl methyl sites for hydroxylation is 1. The first-order valence-corrected chi connectivity index (χ1v) is 6.25. The molecular weight excluding hydrogens is 226 g/mol. The number of nitrogens with two attached hydrogens (primary N) is 1. The van der Waals surface area contributed by atoms with Gasteiger partial charge in [-0.3, -0.25) is 4.68 Å². The molecule has 0 saturated heterocycles. The number of hydrogen-bond acceptors (Lipinski definition) is 3. The molecule has 1 aromatic carbocycles. The second kappa shape index (κ2) is 4.55. The van der Waals surface area contributed by atoms with E-state index < -0.39 is 0 Å². The average Bonchev–Trinajstić information content (AvgIpc) is 3.05. The predicted octanol–water partition coefficient (Wildman–Crippen LogP) is 1.98. The number of nitrogens with zero attached hydrogens (tertiary/aromatic N) is 2. The van der Waals surface area contributed by atoms with Gasteiger partial charge in [-0.1, -0.05) is 18.2 Å². The standard InChI is InChI=1S/C14H17N3O/c1-2-17-7-13(6-16-17)14(15)10-3-4-11-8-18-9-12(11)5-10/h3-7,14H,2,8-9,15H2,1H3. The van der Waals surface area contributed by atoms with Gasteiger partial charge in [0.25, 0.3) is 0 Å². The third-order valence-corrected chi connectivity index (χ3v) is 3.44. The molecule has 0 aliphatic carbocycles. The van der Waals surface area contributed by atoms with Crippen molar-refractivity contribution in [2.24, 2.45) is 5.73 Å². The molecule has 0 spiro atoms. The number of hydrogen-bond donors (Lipinski definition) is 1. The van der Waals surface area contributed by atoms with Gasteiger partial charge in [-0.15, -0.1) is 0 Å². The highest BCUT2D eigenvalue weighted by atomic mass is 16.5. The summed E-state index contributed by atoms with van der Waals surface area (Å²) >= 11 is 0. The highest BCUT2D eigenvalue weighted by molar-refractivity contribution is 5.37. The SMILES string of the molecule is CCn1cc(C(N)c2ccc3c(c2)COC3)cn1. The molecule has 2 heterocycles. The average molecular weight is 243 g/mol. The van der Waals surface area contributed by atoms with Crippen molar-refractivity contribution < 1.29 is 4.74 Å².